The van der Waals surface area contributed by atoms with Crippen LogP contribution in [0.5, 0.6) is 11.5 Å². The van der Waals surface area contributed by atoms with Crippen LogP contribution in [0.15, 0.2) is 24.4 Å². The summed E-state index contributed by atoms with van der Waals surface area (Å²) in [6, 6.07) is 6.21. The monoisotopic (exact) mass is 292 g/mol. The molecule has 108 valence electrons. The SMILES string of the molecule is COc1ccc(OC)c(-c2ncc(CNC(C)C)s2)c1. The van der Waals surface area contributed by atoms with Crippen molar-refractivity contribution in [3.63, 3.8) is 0 Å². The summed E-state index contributed by atoms with van der Waals surface area (Å²) in [4.78, 5) is 5.70. The van der Waals surface area contributed by atoms with Gasteiger partial charge in [0.25, 0.3) is 0 Å². The molecule has 0 radical (unpaired) electrons. The molecule has 0 saturated carbocycles. The van der Waals surface area contributed by atoms with E-state index in [0.29, 0.717) is 6.04 Å². The van der Waals surface area contributed by atoms with Crippen LogP contribution < -0.4 is 14.8 Å². The minimum atomic E-state index is 0.465. The molecule has 0 amide bonds. The van der Waals surface area contributed by atoms with E-state index in [2.05, 4.69) is 24.1 Å². The Morgan fingerprint density at radius 2 is 2.05 bits per heavy atom. The van der Waals surface area contributed by atoms with Crippen molar-refractivity contribution >= 4 is 11.3 Å². The van der Waals surface area contributed by atoms with Crippen molar-refractivity contribution in [3.8, 4) is 22.1 Å². The van der Waals surface area contributed by atoms with Crippen LogP contribution in [-0.4, -0.2) is 25.2 Å². The zero-order chi connectivity index (χ0) is 14.5. The minimum absolute atomic E-state index is 0.465. The number of ether oxygens (including phenoxy) is 2. The summed E-state index contributed by atoms with van der Waals surface area (Å²) in [6.07, 6.45) is 1.91. The van der Waals surface area contributed by atoms with Crippen LogP contribution in [0.25, 0.3) is 10.6 Å². The minimum Gasteiger partial charge on any atom is -0.497 e. The highest BCUT2D eigenvalue weighted by molar-refractivity contribution is 7.15. The fourth-order valence-electron chi connectivity index (χ4n) is 1.80. The molecule has 0 unspecified atom stereocenters. The molecule has 4 nitrogen and oxygen atoms in total. The molecule has 0 aliphatic carbocycles. The molecule has 1 aromatic heterocycles. The van der Waals surface area contributed by atoms with E-state index in [1.54, 1.807) is 25.6 Å². The third-order valence-electron chi connectivity index (χ3n) is 2.88. The van der Waals surface area contributed by atoms with Crippen molar-refractivity contribution in [2.75, 3.05) is 14.2 Å². The molecule has 20 heavy (non-hydrogen) atoms. The first-order chi connectivity index (χ1) is 9.63. The number of methoxy groups -OCH3 is 2. The fraction of sp³-hybridized carbons (Fsp3) is 0.400. The largest absolute Gasteiger partial charge is 0.497 e. The normalized spacial score (nSPS) is 10.8. The summed E-state index contributed by atoms with van der Waals surface area (Å²) < 4.78 is 10.7. The highest BCUT2D eigenvalue weighted by atomic mass is 32.1. The van der Waals surface area contributed by atoms with E-state index in [9.17, 15) is 0 Å². The average molecular weight is 292 g/mol. The molecule has 5 heteroatoms. The molecule has 0 bridgehead atoms. The summed E-state index contributed by atoms with van der Waals surface area (Å²) >= 11 is 1.67. The van der Waals surface area contributed by atoms with Crippen molar-refractivity contribution in [1.29, 1.82) is 0 Å². The first-order valence-corrected chi connectivity index (χ1v) is 7.36. The third-order valence-corrected chi connectivity index (χ3v) is 3.91. The van der Waals surface area contributed by atoms with Gasteiger partial charge in [0, 0.05) is 23.7 Å². The van der Waals surface area contributed by atoms with E-state index in [-0.39, 0.29) is 0 Å². The first kappa shape index (κ1) is 14.8. The van der Waals surface area contributed by atoms with Crippen LogP contribution >= 0.6 is 11.3 Å². The van der Waals surface area contributed by atoms with E-state index >= 15 is 0 Å². The van der Waals surface area contributed by atoms with Crippen LogP contribution in [0.3, 0.4) is 0 Å². The summed E-state index contributed by atoms with van der Waals surface area (Å²) in [5, 5.41) is 4.34. The van der Waals surface area contributed by atoms with Crippen molar-refractivity contribution in [2.45, 2.75) is 26.4 Å². The Morgan fingerprint density at radius 1 is 1.25 bits per heavy atom. The van der Waals surface area contributed by atoms with E-state index in [1.165, 1.54) is 4.88 Å². The van der Waals surface area contributed by atoms with Gasteiger partial charge in [0.05, 0.1) is 19.8 Å². The van der Waals surface area contributed by atoms with Gasteiger partial charge in [-0.25, -0.2) is 4.98 Å². The lowest BCUT2D eigenvalue weighted by Crippen LogP contribution is -2.21. The Morgan fingerprint density at radius 3 is 2.70 bits per heavy atom. The molecule has 0 atom stereocenters. The summed E-state index contributed by atoms with van der Waals surface area (Å²) in [5.74, 6) is 1.61. The number of nitrogens with zero attached hydrogens (tertiary/aromatic N) is 1. The topological polar surface area (TPSA) is 43.4 Å². The maximum atomic E-state index is 5.40. The Balaban J connectivity index is 2.26. The number of rotatable bonds is 6. The predicted octanol–water partition coefficient (Wildman–Crippen LogP) is 3.33. The van der Waals surface area contributed by atoms with Gasteiger partial charge in [0.15, 0.2) is 0 Å². The number of hydrogen-bond acceptors (Lipinski definition) is 5. The molecular weight excluding hydrogens is 272 g/mol. The maximum absolute atomic E-state index is 5.40. The van der Waals surface area contributed by atoms with Gasteiger partial charge in [-0.15, -0.1) is 11.3 Å². The number of thiazole rings is 1. The van der Waals surface area contributed by atoms with E-state index in [1.807, 2.05) is 24.4 Å². The molecule has 0 fully saturated rings. The van der Waals surface area contributed by atoms with Gasteiger partial charge in [0.2, 0.25) is 0 Å². The summed E-state index contributed by atoms with van der Waals surface area (Å²) in [5.41, 5.74) is 0.965. The van der Waals surface area contributed by atoms with Crippen LogP contribution in [0.4, 0.5) is 0 Å². The molecule has 0 spiro atoms. The average Bonchev–Trinajstić information content (AvgIpc) is 2.93. The van der Waals surface area contributed by atoms with E-state index < -0.39 is 0 Å². The van der Waals surface area contributed by atoms with Gasteiger partial charge in [0.1, 0.15) is 16.5 Å². The molecule has 0 aliphatic heterocycles. The van der Waals surface area contributed by atoms with Crippen molar-refractivity contribution < 1.29 is 9.47 Å². The van der Waals surface area contributed by atoms with Gasteiger partial charge >= 0.3 is 0 Å². The lowest BCUT2D eigenvalue weighted by molar-refractivity contribution is 0.404. The Kier molecular flexibility index (Phi) is 4.98. The second-order valence-electron chi connectivity index (χ2n) is 4.73. The molecule has 1 aromatic carbocycles. The number of hydrogen-bond donors (Lipinski definition) is 1. The Labute approximate surface area is 123 Å². The number of benzene rings is 1. The van der Waals surface area contributed by atoms with Crippen LogP contribution in [0.2, 0.25) is 0 Å². The van der Waals surface area contributed by atoms with Crippen molar-refractivity contribution in [3.05, 3.63) is 29.3 Å². The van der Waals surface area contributed by atoms with Crippen molar-refractivity contribution in [2.24, 2.45) is 0 Å². The fourth-order valence-corrected chi connectivity index (χ4v) is 2.68. The first-order valence-electron chi connectivity index (χ1n) is 6.54. The highest BCUT2D eigenvalue weighted by Crippen LogP contribution is 2.35. The number of aromatic nitrogens is 1. The van der Waals surface area contributed by atoms with Gasteiger partial charge in [-0.2, -0.15) is 0 Å². The lowest BCUT2D eigenvalue weighted by atomic mass is 10.2. The molecule has 2 aromatic rings. The maximum Gasteiger partial charge on any atom is 0.129 e. The molecule has 1 heterocycles. The van der Waals surface area contributed by atoms with Crippen LogP contribution in [-0.2, 0) is 6.54 Å². The quantitative estimate of drug-likeness (QED) is 0.887. The predicted molar refractivity (Wildman–Crippen MR) is 82.6 cm³/mol. The zero-order valence-corrected chi connectivity index (χ0v) is 13.1. The van der Waals surface area contributed by atoms with E-state index in [0.717, 1.165) is 28.6 Å². The van der Waals surface area contributed by atoms with Gasteiger partial charge in [-0.1, -0.05) is 13.8 Å². The van der Waals surface area contributed by atoms with Gasteiger partial charge < -0.3 is 14.8 Å². The summed E-state index contributed by atoms with van der Waals surface area (Å²) in [6.45, 7) is 5.10. The van der Waals surface area contributed by atoms with E-state index in [4.69, 9.17) is 9.47 Å². The van der Waals surface area contributed by atoms with Gasteiger partial charge in [-0.3, -0.25) is 0 Å². The second-order valence-corrected chi connectivity index (χ2v) is 5.85. The molecular formula is C15H20N2O2S. The standard InChI is InChI=1S/C15H20N2O2S/c1-10(2)16-8-12-9-17-15(20-12)13-7-11(18-3)5-6-14(13)19-4/h5-7,9-10,16H,8H2,1-4H3. The highest BCUT2D eigenvalue weighted by Gasteiger charge is 2.12. The van der Waals surface area contributed by atoms with Gasteiger partial charge in [-0.05, 0) is 18.2 Å². The molecule has 0 aliphatic rings. The zero-order valence-electron chi connectivity index (χ0n) is 12.3. The van der Waals surface area contributed by atoms with Crippen molar-refractivity contribution in [1.82, 2.24) is 10.3 Å². The smallest absolute Gasteiger partial charge is 0.129 e. The van der Waals surface area contributed by atoms with Crippen LogP contribution in [0, 0.1) is 0 Å². The Bertz CT molecular complexity index is 567. The molecule has 1 N–H and O–H groups in total. The second kappa shape index (κ2) is 6.72. The lowest BCUT2D eigenvalue weighted by Gasteiger charge is -2.08. The molecule has 2 rings (SSSR count). The molecule has 0 saturated heterocycles. The Hall–Kier alpha value is -1.59. The third kappa shape index (κ3) is 3.49. The summed E-state index contributed by atoms with van der Waals surface area (Å²) in [7, 11) is 3.32. The number of nitrogens with one attached hydrogen (secondary N) is 1. The van der Waals surface area contributed by atoms with Crippen LogP contribution in [0.1, 0.15) is 18.7 Å².